The molecule has 2 saturated carbocycles. The van der Waals surface area contributed by atoms with Crippen LogP contribution in [0.5, 0.6) is 0 Å². The number of urea groups is 1. The first-order valence-electron chi connectivity index (χ1n) is 12.9. The van der Waals surface area contributed by atoms with Crippen molar-refractivity contribution in [1.29, 1.82) is 0 Å². The molecular formula is C27H37N5O3. The van der Waals surface area contributed by atoms with Crippen molar-refractivity contribution in [2.45, 2.75) is 62.6 Å². The summed E-state index contributed by atoms with van der Waals surface area (Å²) in [5, 5.41) is 2.84. The molecule has 8 heteroatoms. The molecule has 3 aliphatic rings. The van der Waals surface area contributed by atoms with Gasteiger partial charge in [-0.25, -0.2) is 9.78 Å². The van der Waals surface area contributed by atoms with Crippen LogP contribution in [0.2, 0.25) is 0 Å². The van der Waals surface area contributed by atoms with Crippen LogP contribution in [0, 0.1) is 5.92 Å². The smallest absolute Gasteiger partial charge is 0.321 e. The summed E-state index contributed by atoms with van der Waals surface area (Å²) in [5.41, 5.74) is 1.11. The summed E-state index contributed by atoms with van der Waals surface area (Å²) >= 11 is 0. The van der Waals surface area contributed by atoms with Crippen LogP contribution in [0.25, 0.3) is 0 Å². The van der Waals surface area contributed by atoms with Gasteiger partial charge in [0.1, 0.15) is 12.8 Å². The molecule has 8 nitrogen and oxygen atoms in total. The summed E-state index contributed by atoms with van der Waals surface area (Å²) in [6.45, 7) is 1.73. The predicted octanol–water partition coefficient (Wildman–Crippen LogP) is 3.60. The minimum absolute atomic E-state index is 0.0141. The van der Waals surface area contributed by atoms with Crippen LogP contribution in [0.15, 0.2) is 47.2 Å². The van der Waals surface area contributed by atoms with E-state index in [9.17, 15) is 9.59 Å². The first-order chi connectivity index (χ1) is 16.9. The Morgan fingerprint density at radius 2 is 1.91 bits per heavy atom. The summed E-state index contributed by atoms with van der Waals surface area (Å²) in [7, 11) is 4.34. The van der Waals surface area contributed by atoms with E-state index in [1.165, 1.54) is 31.1 Å². The lowest BCUT2D eigenvalue weighted by atomic mass is 9.68. The summed E-state index contributed by atoms with van der Waals surface area (Å²) in [4.78, 5) is 36.6. The minimum atomic E-state index is -0.205. The Balaban J connectivity index is 1.31. The van der Waals surface area contributed by atoms with Gasteiger partial charge in [0, 0.05) is 18.6 Å². The van der Waals surface area contributed by atoms with Gasteiger partial charge in [-0.3, -0.25) is 9.69 Å². The lowest BCUT2D eigenvalue weighted by molar-refractivity contribution is -0.121. The molecule has 0 bridgehead atoms. The average molecular weight is 480 g/mol. The molecule has 0 atom stereocenters. The monoisotopic (exact) mass is 479 g/mol. The molecule has 1 aromatic heterocycles. The lowest BCUT2D eigenvalue weighted by Crippen LogP contribution is -2.56. The molecule has 35 heavy (non-hydrogen) atoms. The Morgan fingerprint density at radius 3 is 2.51 bits per heavy atom. The number of hydrogen-bond acceptors (Lipinski definition) is 5. The fourth-order valence-corrected chi connectivity index (χ4v) is 6.25. The van der Waals surface area contributed by atoms with Gasteiger partial charge in [0.05, 0.1) is 18.3 Å². The topological polar surface area (TPSA) is 81.9 Å². The molecule has 2 aromatic rings. The van der Waals surface area contributed by atoms with E-state index in [4.69, 9.17) is 4.42 Å². The van der Waals surface area contributed by atoms with E-state index in [-0.39, 0.29) is 36.1 Å². The molecule has 2 aliphatic carbocycles. The lowest BCUT2D eigenvalue weighted by Gasteiger charge is -2.51. The van der Waals surface area contributed by atoms with Gasteiger partial charge in [-0.15, -0.1) is 0 Å². The van der Waals surface area contributed by atoms with Gasteiger partial charge in [0.25, 0.3) is 0 Å². The van der Waals surface area contributed by atoms with Crippen LogP contribution in [-0.4, -0.2) is 70.9 Å². The first kappa shape index (κ1) is 23.9. The number of amides is 3. The number of hydrogen-bond donors (Lipinski definition) is 1. The number of nitrogens with zero attached hydrogens (tertiary/aromatic N) is 4. The first-order valence-corrected chi connectivity index (χ1v) is 12.9. The van der Waals surface area contributed by atoms with Crippen molar-refractivity contribution in [3.8, 4) is 0 Å². The van der Waals surface area contributed by atoms with Crippen molar-refractivity contribution >= 4 is 11.9 Å². The van der Waals surface area contributed by atoms with Crippen LogP contribution >= 0.6 is 0 Å². The molecule has 1 N–H and O–H groups in total. The van der Waals surface area contributed by atoms with E-state index >= 15 is 0 Å². The molecule has 0 unspecified atom stereocenters. The molecule has 1 saturated heterocycles. The number of carbonyl (C=O) groups excluding carboxylic acids is 2. The Morgan fingerprint density at radius 1 is 1.17 bits per heavy atom. The largest absolute Gasteiger partial charge is 0.447 e. The molecule has 3 amide bonds. The third kappa shape index (κ3) is 4.56. The Hall–Kier alpha value is -2.87. The predicted molar refractivity (Wildman–Crippen MR) is 132 cm³/mol. The fraction of sp³-hybridized carbons (Fsp3) is 0.593. The van der Waals surface area contributed by atoms with Crippen molar-refractivity contribution in [3.05, 3.63) is 54.2 Å². The van der Waals surface area contributed by atoms with Gasteiger partial charge in [-0.2, -0.15) is 0 Å². The van der Waals surface area contributed by atoms with Crippen molar-refractivity contribution in [1.82, 2.24) is 25.0 Å². The second kappa shape index (κ2) is 9.64. The van der Waals surface area contributed by atoms with Gasteiger partial charge in [-0.1, -0.05) is 36.8 Å². The van der Waals surface area contributed by atoms with Crippen molar-refractivity contribution < 1.29 is 14.0 Å². The minimum Gasteiger partial charge on any atom is -0.447 e. The zero-order valence-electron chi connectivity index (χ0n) is 20.9. The van der Waals surface area contributed by atoms with Crippen molar-refractivity contribution in [3.63, 3.8) is 0 Å². The number of nitrogens with one attached hydrogen (secondary N) is 1. The molecular weight excluding hydrogens is 442 g/mol. The highest BCUT2D eigenvalue weighted by atomic mass is 16.3. The SMILES string of the molecule is CN(C)C1(c2ccccc2)CCC2(CC1)CN(CC(=O)NCc1ncco1)C(=O)N2CC1CCC1. The zero-order valence-corrected chi connectivity index (χ0v) is 20.9. The molecule has 5 rings (SSSR count). The van der Waals surface area contributed by atoms with Crippen LogP contribution in [0.4, 0.5) is 4.79 Å². The Labute approximate surface area is 207 Å². The Kier molecular flexibility index (Phi) is 6.57. The quantitative estimate of drug-likeness (QED) is 0.626. The summed E-state index contributed by atoms with van der Waals surface area (Å²) in [5.74, 6) is 0.867. The van der Waals surface area contributed by atoms with E-state index in [1.807, 2.05) is 0 Å². The maximum absolute atomic E-state index is 13.6. The third-order valence-electron chi connectivity index (χ3n) is 8.65. The van der Waals surface area contributed by atoms with E-state index < -0.39 is 0 Å². The Bertz CT molecular complexity index is 1010. The maximum atomic E-state index is 13.6. The van der Waals surface area contributed by atoms with E-state index in [2.05, 4.69) is 64.5 Å². The van der Waals surface area contributed by atoms with Crippen LogP contribution in [0.3, 0.4) is 0 Å². The average Bonchev–Trinajstić information content (AvgIpc) is 3.43. The standard InChI is InChI=1S/C27H37N5O3/c1-30(2)27(22-9-4-3-5-10-22)13-11-26(12-14-27)20-31(25(34)32(26)18-21-7-6-8-21)19-23(33)29-17-24-28-15-16-35-24/h3-5,9-10,15-16,21H,6-8,11-14,17-20H2,1-2H3,(H,29,33). The molecule has 3 fully saturated rings. The van der Waals surface area contributed by atoms with Crippen LogP contribution < -0.4 is 5.32 Å². The molecule has 1 aromatic carbocycles. The van der Waals surface area contributed by atoms with Crippen LogP contribution in [0.1, 0.15) is 56.4 Å². The summed E-state index contributed by atoms with van der Waals surface area (Å²) in [6, 6.07) is 10.8. The van der Waals surface area contributed by atoms with Crippen molar-refractivity contribution in [2.24, 2.45) is 5.92 Å². The normalized spacial score (nSPS) is 27.0. The highest BCUT2D eigenvalue weighted by molar-refractivity contribution is 5.86. The maximum Gasteiger partial charge on any atom is 0.321 e. The number of carbonyl (C=O) groups is 2. The van der Waals surface area contributed by atoms with E-state index in [0.717, 1.165) is 32.2 Å². The number of aromatic nitrogens is 1. The van der Waals surface area contributed by atoms with E-state index in [0.29, 0.717) is 18.4 Å². The van der Waals surface area contributed by atoms with E-state index in [1.54, 1.807) is 11.1 Å². The number of benzene rings is 1. The summed E-state index contributed by atoms with van der Waals surface area (Å²) < 4.78 is 5.20. The zero-order chi connectivity index (χ0) is 24.5. The van der Waals surface area contributed by atoms with Crippen LogP contribution in [-0.2, 0) is 16.9 Å². The molecule has 0 radical (unpaired) electrons. The van der Waals surface area contributed by atoms with Gasteiger partial charge in [0.15, 0.2) is 0 Å². The second-order valence-electron chi connectivity index (χ2n) is 10.8. The van der Waals surface area contributed by atoms with Gasteiger partial charge in [-0.05, 0) is 64.1 Å². The van der Waals surface area contributed by atoms with Gasteiger partial charge in [0.2, 0.25) is 11.8 Å². The highest BCUT2D eigenvalue weighted by Gasteiger charge is 2.55. The molecule has 2 heterocycles. The highest BCUT2D eigenvalue weighted by Crippen LogP contribution is 2.49. The van der Waals surface area contributed by atoms with Crippen molar-refractivity contribution in [2.75, 3.05) is 33.7 Å². The van der Waals surface area contributed by atoms with Gasteiger partial charge < -0.3 is 19.5 Å². The summed E-state index contributed by atoms with van der Waals surface area (Å²) in [6.07, 6.45) is 10.5. The fourth-order valence-electron chi connectivity index (χ4n) is 6.25. The second-order valence-corrected chi connectivity index (χ2v) is 10.8. The van der Waals surface area contributed by atoms with Gasteiger partial charge >= 0.3 is 6.03 Å². The third-order valence-corrected chi connectivity index (χ3v) is 8.65. The molecule has 1 spiro atoms. The number of rotatable bonds is 8. The number of oxazole rings is 1. The molecule has 1 aliphatic heterocycles. The molecule has 188 valence electrons.